The molecule has 0 spiro atoms. The van der Waals surface area contributed by atoms with Crippen LogP contribution in [0.2, 0.25) is 5.02 Å². The fourth-order valence-corrected chi connectivity index (χ4v) is 4.34. The summed E-state index contributed by atoms with van der Waals surface area (Å²) in [5, 5.41) is 3.35. The summed E-state index contributed by atoms with van der Waals surface area (Å²) in [6, 6.07) is 6.88. The van der Waals surface area contributed by atoms with E-state index in [0.29, 0.717) is 42.9 Å². The van der Waals surface area contributed by atoms with E-state index in [9.17, 15) is 13.2 Å². The number of piperidine rings is 1. The van der Waals surface area contributed by atoms with Gasteiger partial charge in [-0.2, -0.15) is 0 Å². The van der Waals surface area contributed by atoms with Gasteiger partial charge in [0.2, 0.25) is 10.0 Å². The van der Waals surface area contributed by atoms with Gasteiger partial charge in [-0.3, -0.25) is 4.79 Å². The zero-order valence-corrected chi connectivity index (χ0v) is 14.2. The Morgan fingerprint density at radius 3 is 2.55 bits per heavy atom. The summed E-state index contributed by atoms with van der Waals surface area (Å²) in [4.78, 5) is 12.2. The molecule has 0 aliphatic carbocycles. The largest absolute Gasteiger partial charge is 0.349 e. The normalized spacial score (nSPS) is 17.4. The number of benzene rings is 1. The Labute approximate surface area is 136 Å². The second kappa shape index (κ2) is 7.44. The summed E-state index contributed by atoms with van der Waals surface area (Å²) < 4.78 is 25.5. The Morgan fingerprint density at radius 2 is 1.95 bits per heavy atom. The van der Waals surface area contributed by atoms with Crippen molar-refractivity contribution in [2.75, 3.05) is 18.8 Å². The molecule has 0 unspecified atom stereocenters. The van der Waals surface area contributed by atoms with E-state index >= 15 is 0 Å². The molecule has 0 radical (unpaired) electrons. The smallest absolute Gasteiger partial charge is 0.253 e. The summed E-state index contributed by atoms with van der Waals surface area (Å²) in [7, 11) is -3.14. The van der Waals surface area contributed by atoms with Crippen LogP contribution in [0.25, 0.3) is 0 Å². The van der Waals surface area contributed by atoms with E-state index in [1.807, 2.05) is 6.92 Å². The minimum atomic E-state index is -3.14. The first-order chi connectivity index (χ1) is 10.4. The summed E-state index contributed by atoms with van der Waals surface area (Å²) in [5.74, 6) is -0.0237. The van der Waals surface area contributed by atoms with Gasteiger partial charge in [0.05, 0.1) is 16.3 Å². The Morgan fingerprint density at radius 1 is 1.32 bits per heavy atom. The maximum absolute atomic E-state index is 12.2. The van der Waals surface area contributed by atoms with Crippen molar-refractivity contribution in [1.29, 1.82) is 0 Å². The van der Waals surface area contributed by atoms with E-state index < -0.39 is 10.0 Å². The van der Waals surface area contributed by atoms with Crippen LogP contribution in [0.5, 0.6) is 0 Å². The van der Waals surface area contributed by atoms with Gasteiger partial charge < -0.3 is 5.32 Å². The SMILES string of the molecule is CCCS(=O)(=O)N1CCC(NC(=O)c2ccccc2Cl)CC1. The van der Waals surface area contributed by atoms with Crippen molar-refractivity contribution < 1.29 is 13.2 Å². The summed E-state index contributed by atoms with van der Waals surface area (Å²) >= 11 is 6.01. The first-order valence-electron chi connectivity index (χ1n) is 7.47. The van der Waals surface area contributed by atoms with Gasteiger partial charge in [0, 0.05) is 19.1 Å². The fraction of sp³-hybridized carbons (Fsp3) is 0.533. The number of carbonyl (C=O) groups excluding carboxylic acids is 1. The van der Waals surface area contributed by atoms with Crippen LogP contribution in [0.1, 0.15) is 36.5 Å². The lowest BCUT2D eigenvalue weighted by Gasteiger charge is -2.31. The molecule has 1 N–H and O–H groups in total. The molecular formula is C15H21ClN2O3S. The van der Waals surface area contributed by atoms with Crippen LogP contribution >= 0.6 is 11.6 Å². The van der Waals surface area contributed by atoms with Crippen LogP contribution in [0.15, 0.2) is 24.3 Å². The Kier molecular flexibility index (Phi) is 5.83. The van der Waals surface area contributed by atoms with Gasteiger partial charge in [-0.15, -0.1) is 0 Å². The first-order valence-corrected chi connectivity index (χ1v) is 9.46. The van der Waals surface area contributed by atoms with Crippen LogP contribution in [-0.4, -0.2) is 43.5 Å². The number of nitrogens with zero attached hydrogens (tertiary/aromatic N) is 1. The molecule has 0 bridgehead atoms. The van der Waals surface area contributed by atoms with Gasteiger partial charge in [0.15, 0.2) is 0 Å². The lowest BCUT2D eigenvalue weighted by Crippen LogP contribution is -2.47. The third kappa shape index (κ3) is 4.21. The van der Waals surface area contributed by atoms with Gasteiger partial charge >= 0.3 is 0 Å². The minimum Gasteiger partial charge on any atom is -0.349 e. The van der Waals surface area contributed by atoms with Crippen LogP contribution in [-0.2, 0) is 10.0 Å². The number of sulfonamides is 1. The van der Waals surface area contributed by atoms with Crippen LogP contribution in [0, 0.1) is 0 Å². The van der Waals surface area contributed by atoms with Crippen molar-refractivity contribution in [1.82, 2.24) is 9.62 Å². The molecule has 7 heteroatoms. The molecule has 0 aromatic heterocycles. The zero-order chi connectivity index (χ0) is 16.2. The Bertz CT molecular complexity index is 625. The van der Waals surface area contributed by atoms with Crippen molar-refractivity contribution in [3.8, 4) is 0 Å². The molecule has 1 aromatic carbocycles. The molecule has 1 aliphatic rings. The monoisotopic (exact) mass is 344 g/mol. The number of hydrogen-bond acceptors (Lipinski definition) is 3. The van der Waals surface area contributed by atoms with E-state index in [4.69, 9.17) is 11.6 Å². The predicted octanol–water partition coefficient (Wildman–Crippen LogP) is 2.27. The van der Waals surface area contributed by atoms with Gasteiger partial charge in [-0.25, -0.2) is 12.7 Å². The van der Waals surface area contributed by atoms with E-state index in [1.54, 1.807) is 24.3 Å². The second-order valence-corrected chi connectivity index (χ2v) is 7.94. The van der Waals surface area contributed by atoms with Crippen molar-refractivity contribution in [3.05, 3.63) is 34.9 Å². The van der Waals surface area contributed by atoms with Crippen LogP contribution in [0.3, 0.4) is 0 Å². The number of hydrogen-bond donors (Lipinski definition) is 1. The maximum atomic E-state index is 12.2. The summed E-state index contributed by atoms with van der Waals surface area (Å²) in [6.07, 6.45) is 1.86. The lowest BCUT2D eigenvalue weighted by molar-refractivity contribution is 0.0924. The third-order valence-electron chi connectivity index (χ3n) is 3.76. The Balaban J connectivity index is 1.90. The highest BCUT2D eigenvalue weighted by Crippen LogP contribution is 2.18. The van der Waals surface area contributed by atoms with Crippen LogP contribution < -0.4 is 5.32 Å². The quantitative estimate of drug-likeness (QED) is 0.891. The molecule has 5 nitrogen and oxygen atoms in total. The number of nitrogens with one attached hydrogen (secondary N) is 1. The van der Waals surface area contributed by atoms with Gasteiger partial charge in [-0.1, -0.05) is 30.7 Å². The first kappa shape index (κ1) is 17.2. The summed E-state index contributed by atoms with van der Waals surface area (Å²) in [6.45, 7) is 2.76. The predicted molar refractivity (Wildman–Crippen MR) is 87.6 cm³/mol. The topological polar surface area (TPSA) is 66.5 Å². The highest BCUT2D eigenvalue weighted by Gasteiger charge is 2.28. The van der Waals surface area contributed by atoms with E-state index in [0.717, 1.165) is 0 Å². The highest BCUT2D eigenvalue weighted by atomic mass is 35.5. The molecule has 2 rings (SSSR count). The minimum absolute atomic E-state index is 0.0168. The molecule has 0 saturated carbocycles. The lowest BCUT2D eigenvalue weighted by atomic mass is 10.1. The maximum Gasteiger partial charge on any atom is 0.253 e. The van der Waals surface area contributed by atoms with Gasteiger partial charge in [0.25, 0.3) is 5.91 Å². The molecule has 1 amide bonds. The van der Waals surface area contributed by atoms with E-state index in [1.165, 1.54) is 4.31 Å². The highest BCUT2D eigenvalue weighted by molar-refractivity contribution is 7.89. The molecule has 1 aromatic rings. The molecule has 1 aliphatic heterocycles. The summed E-state index contributed by atoms with van der Waals surface area (Å²) in [5.41, 5.74) is 0.449. The standard InChI is InChI=1S/C15H21ClN2O3S/c1-2-11-22(20,21)18-9-7-12(8-10-18)17-15(19)13-5-3-4-6-14(13)16/h3-6,12H,2,7-11H2,1H3,(H,17,19). The number of amides is 1. The van der Waals surface area contributed by atoms with Crippen LogP contribution in [0.4, 0.5) is 0 Å². The van der Waals surface area contributed by atoms with E-state index in [2.05, 4.69) is 5.32 Å². The average Bonchev–Trinajstić information content (AvgIpc) is 2.48. The van der Waals surface area contributed by atoms with Gasteiger partial charge in [-0.05, 0) is 31.4 Å². The zero-order valence-electron chi connectivity index (χ0n) is 12.6. The molecule has 22 heavy (non-hydrogen) atoms. The molecule has 122 valence electrons. The molecule has 1 fully saturated rings. The van der Waals surface area contributed by atoms with Crippen molar-refractivity contribution >= 4 is 27.5 Å². The van der Waals surface area contributed by atoms with Crippen molar-refractivity contribution in [3.63, 3.8) is 0 Å². The molecule has 1 saturated heterocycles. The molecule has 1 heterocycles. The van der Waals surface area contributed by atoms with Gasteiger partial charge in [0.1, 0.15) is 0 Å². The number of carbonyl (C=O) groups is 1. The third-order valence-corrected chi connectivity index (χ3v) is 6.17. The molecule has 0 atom stereocenters. The fourth-order valence-electron chi connectivity index (χ4n) is 2.57. The van der Waals surface area contributed by atoms with Crippen molar-refractivity contribution in [2.45, 2.75) is 32.2 Å². The van der Waals surface area contributed by atoms with E-state index in [-0.39, 0.29) is 17.7 Å². The molecular weight excluding hydrogens is 324 g/mol. The average molecular weight is 345 g/mol. The number of rotatable bonds is 5. The second-order valence-electron chi connectivity index (χ2n) is 5.44. The number of halogens is 1. The van der Waals surface area contributed by atoms with Crippen molar-refractivity contribution in [2.24, 2.45) is 0 Å². The Hall–Kier alpha value is -1.11.